The Morgan fingerprint density at radius 2 is 2.03 bits per heavy atom. The number of aromatic nitrogens is 5. The average Bonchev–Trinajstić information content (AvgIpc) is 3.44. The SMILES string of the molecule is Cc1n[nH]c(C)c1C(O)=C1C(=O)C(=O)N(CCCn2ccnc2)[C@H]1c1ccccn1. The summed E-state index contributed by atoms with van der Waals surface area (Å²) in [7, 11) is 0. The van der Waals surface area contributed by atoms with Crippen molar-refractivity contribution < 1.29 is 14.7 Å². The minimum absolute atomic E-state index is 0.0360. The molecule has 0 saturated carbocycles. The molecule has 154 valence electrons. The first kappa shape index (κ1) is 19.6. The summed E-state index contributed by atoms with van der Waals surface area (Å²) < 4.78 is 1.91. The summed E-state index contributed by atoms with van der Waals surface area (Å²) in [6, 6.07) is 4.55. The molecule has 0 spiro atoms. The number of hydrogen-bond acceptors (Lipinski definition) is 6. The highest BCUT2D eigenvalue weighted by atomic mass is 16.3. The second-order valence-electron chi connectivity index (χ2n) is 7.21. The fourth-order valence-electron chi connectivity index (χ4n) is 3.83. The number of nitrogens with zero attached hydrogens (tertiary/aromatic N) is 5. The second-order valence-corrected chi connectivity index (χ2v) is 7.21. The predicted molar refractivity (Wildman–Crippen MR) is 108 cm³/mol. The zero-order valence-electron chi connectivity index (χ0n) is 16.7. The number of hydrogen-bond donors (Lipinski definition) is 2. The molecule has 4 rings (SSSR count). The van der Waals surface area contributed by atoms with Gasteiger partial charge in [0, 0.05) is 37.4 Å². The standard InChI is InChI=1S/C21H22N6O3/c1-13-16(14(2)25-24-13)19(28)17-18(15-6-3-4-7-23-15)27(21(30)20(17)29)10-5-9-26-11-8-22-12-26/h3-4,6-8,11-12,18,28H,5,9-10H2,1-2H3,(H,24,25)/t18-/m0/s1. The molecular formula is C21H22N6O3. The van der Waals surface area contributed by atoms with Crippen molar-refractivity contribution in [3.8, 4) is 0 Å². The monoisotopic (exact) mass is 406 g/mol. The highest BCUT2D eigenvalue weighted by Gasteiger charge is 2.46. The number of aromatic amines is 1. The van der Waals surface area contributed by atoms with Gasteiger partial charge in [-0.15, -0.1) is 0 Å². The van der Waals surface area contributed by atoms with E-state index >= 15 is 0 Å². The van der Waals surface area contributed by atoms with Gasteiger partial charge in [0.25, 0.3) is 11.7 Å². The number of aryl methyl sites for hydroxylation is 3. The number of H-pyrrole nitrogens is 1. The predicted octanol–water partition coefficient (Wildman–Crippen LogP) is 2.13. The third-order valence-corrected chi connectivity index (χ3v) is 5.25. The van der Waals surface area contributed by atoms with Crippen molar-refractivity contribution in [1.82, 2.24) is 29.6 Å². The number of aliphatic hydroxyl groups is 1. The molecule has 9 heteroatoms. The molecule has 0 radical (unpaired) electrons. The molecule has 1 aliphatic heterocycles. The van der Waals surface area contributed by atoms with Gasteiger partial charge in [-0.3, -0.25) is 19.7 Å². The van der Waals surface area contributed by atoms with Gasteiger partial charge in [-0.1, -0.05) is 6.07 Å². The van der Waals surface area contributed by atoms with Crippen molar-refractivity contribution in [2.75, 3.05) is 6.54 Å². The summed E-state index contributed by atoms with van der Waals surface area (Å²) in [6.45, 7) is 4.48. The second kappa shape index (κ2) is 7.94. The Morgan fingerprint density at radius 1 is 1.20 bits per heavy atom. The van der Waals surface area contributed by atoms with Crippen molar-refractivity contribution in [3.05, 3.63) is 71.3 Å². The molecule has 0 bridgehead atoms. The molecule has 1 fully saturated rings. The molecule has 1 saturated heterocycles. The number of likely N-dealkylation sites (tertiary alicyclic amines) is 1. The van der Waals surface area contributed by atoms with Crippen LogP contribution in [0.5, 0.6) is 0 Å². The molecule has 1 aliphatic rings. The fraction of sp³-hybridized carbons (Fsp3) is 0.286. The molecule has 0 aliphatic carbocycles. The molecule has 3 aromatic heterocycles. The van der Waals surface area contributed by atoms with Crippen LogP contribution in [0.1, 0.15) is 35.1 Å². The number of aliphatic hydroxyl groups excluding tert-OH is 1. The Hall–Kier alpha value is -3.75. The van der Waals surface area contributed by atoms with Crippen molar-refractivity contribution >= 4 is 17.4 Å². The van der Waals surface area contributed by atoms with Gasteiger partial charge >= 0.3 is 0 Å². The summed E-state index contributed by atoms with van der Waals surface area (Å²) in [5.41, 5.74) is 2.17. The lowest BCUT2D eigenvalue weighted by Gasteiger charge is -2.24. The van der Waals surface area contributed by atoms with Crippen LogP contribution in [-0.4, -0.2) is 53.0 Å². The number of Topliss-reactive ketones (excluding diaryl/α,β-unsaturated/α-hetero) is 1. The average molecular weight is 406 g/mol. The van der Waals surface area contributed by atoms with Crippen molar-refractivity contribution in [2.24, 2.45) is 0 Å². The van der Waals surface area contributed by atoms with Gasteiger partial charge in [-0.05, 0) is 32.4 Å². The van der Waals surface area contributed by atoms with Crippen LogP contribution in [0.25, 0.3) is 5.76 Å². The van der Waals surface area contributed by atoms with Gasteiger partial charge in [0.15, 0.2) is 0 Å². The summed E-state index contributed by atoms with van der Waals surface area (Å²) in [6.07, 6.45) is 7.46. The summed E-state index contributed by atoms with van der Waals surface area (Å²) >= 11 is 0. The fourth-order valence-corrected chi connectivity index (χ4v) is 3.83. The lowest BCUT2D eigenvalue weighted by Crippen LogP contribution is -2.31. The molecule has 9 nitrogen and oxygen atoms in total. The van der Waals surface area contributed by atoms with E-state index in [-0.39, 0.29) is 11.3 Å². The molecule has 2 N–H and O–H groups in total. The molecule has 1 amide bonds. The van der Waals surface area contributed by atoms with Gasteiger partial charge in [-0.25, -0.2) is 4.98 Å². The van der Waals surface area contributed by atoms with E-state index in [9.17, 15) is 14.7 Å². The minimum Gasteiger partial charge on any atom is -0.507 e. The number of carbonyl (C=O) groups is 2. The zero-order valence-corrected chi connectivity index (χ0v) is 16.7. The van der Waals surface area contributed by atoms with E-state index in [1.54, 1.807) is 50.8 Å². The largest absolute Gasteiger partial charge is 0.507 e. The molecule has 0 unspecified atom stereocenters. The van der Waals surface area contributed by atoms with Crippen LogP contribution in [0.3, 0.4) is 0 Å². The van der Waals surface area contributed by atoms with E-state index in [1.807, 2.05) is 10.8 Å². The Morgan fingerprint density at radius 3 is 2.67 bits per heavy atom. The highest BCUT2D eigenvalue weighted by molar-refractivity contribution is 6.46. The van der Waals surface area contributed by atoms with Crippen molar-refractivity contribution in [3.63, 3.8) is 0 Å². The maximum absolute atomic E-state index is 13.0. The molecule has 3 aromatic rings. The van der Waals surface area contributed by atoms with Crippen LogP contribution in [0.15, 0.2) is 48.7 Å². The van der Waals surface area contributed by atoms with Crippen LogP contribution in [0, 0.1) is 13.8 Å². The number of amides is 1. The quantitative estimate of drug-likeness (QED) is 0.368. The number of imidazole rings is 1. The number of rotatable bonds is 6. The Balaban J connectivity index is 1.74. The van der Waals surface area contributed by atoms with Crippen LogP contribution >= 0.6 is 0 Å². The first-order valence-electron chi connectivity index (χ1n) is 9.66. The normalized spacial score (nSPS) is 18.3. The van der Waals surface area contributed by atoms with Gasteiger partial charge in [0.1, 0.15) is 11.8 Å². The first-order valence-corrected chi connectivity index (χ1v) is 9.66. The Labute approximate surface area is 173 Å². The molecule has 0 aromatic carbocycles. The van der Waals surface area contributed by atoms with Crippen LogP contribution in [0.4, 0.5) is 0 Å². The maximum atomic E-state index is 13.0. The molecule has 4 heterocycles. The van der Waals surface area contributed by atoms with E-state index in [0.717, 1.165) is 0 Å². The van der Waals surface area contributed by atoms with Gasteiger partial charge in [0.2, 0.25) is 0 Å². The van der Waals surface area contributed by atoms with E-state index < -0.39 is 17.7 Å². The summed E-state index contributed by atoms with van der Waals surface area (Å²) in [5, 5.41) is 18.0. The lowest BCUT2D eigenvalue weighted by molar-refractivity contribution is -0.140. The Kier molecular flexibility index (Phi) is 5.18. The van der Waals surface area contributed by atoms with Crippen LogP contribution in [-0.2, 0) is 16.1 Å². The number of ketones is 1. The smallest absolute Gasteiger partial charge is 0.295 e. The first-order chi connectivity index (χ1) is 14.5. The topological polar surface area (TPSA) is 117 Å². The number of pyridine rings is 1. The van der Waals surface area contributed by atoms with Crippen molar-refractivity contribution in [1.29, 1.82) is 0 Å². The minimum atomic E-state index is -0.761. The summed E-state index contributed by atoms with van der Waals surface area (Å²) in [4.78, 5) is 35.7. The van der Waals surface area contributed by atoms with E-state index in [1.165, 1.54) is 4.90 Å². The van der Waals surface area contributed by atoms with Gasteiger partial charge in [-0.2, -0.15) is 5.10 Å². The van der Waals surface area contributed by atoms with Crippen LogP contribution < -0.4 is 0 Å². The van der Waals surface area contributed by atoms with Crippen LogP contribution in [0.2, 0.25) is 0 Å². The number of carbonyl (C=O) groups excluding carboxylic acids is 2. The molecule has 30 heavy (non-hydrogen) atoms. The lowest BCUT2D eigenvalue weighted by atomic mass is 9.97. The molecule has 1 atom stereocenters. The molecular weight excluding hydrogens is 384 g/mol. The third kappa shape index (κ3) is 3.38. The van der Waals surface area contributed by atoms with Gasteiger partial charge in [0.05, 0.1) is 28.9 Å². The summed E-state index contributed by atoms with van der Waals surface area (Å²) in [5.74, 6) is -1.59. The van der Waals surface area contributed by atoms with Crippen molar-refractivity contribution in [2.45, 2.75) is 32.9 Å². The highest BCUT2D eigenvalue weighted by Crippen LogP contribution is 2.39. The van der Waals surface area contributed by atoms with E-state index in [2.05, 4.69) is 20.2 Å². The van der Waals surface area contributed by atoms with E-state index in [4.69, 9.17) is 0 Å². The third-order valence-electron chi connectivity index (χ3n) is 5.25. The van der Waals surface area contributed by atoms with E-state index in [0.29, 0.717) is 42.2 Å². The maximum Gasteiger partial charge on any atom is 0.295 e. The Bertz CT molecular complexity index is 1080. The van der Waals surface area contributed by atoms with Gasteiger partial charge < -0.3 is 14.6 Å². The zero-order chi connectivity index (χ0) is 21.3. The number of nitrogens with one attached hydrogen (secondary N) is 1.